The highest BCUT2D eigenvalue weighted by Crippen LogP contribution is 2.26. The Kier molecular flexibility index (Phi) is 3.66. The smallest absolute Gasteiger partial charge is 0.319 e. The van der Waals surface area contributed by atoms with E-state index in [4.69, 9.17) is 8.94 Å². The van der Waals surface area contributed by atoms with E-state index in [0.29, 0.717) is 11.5 Å². The number of hydrogen-bond acceptors (Lipinski definition) is 8. The summed E-state index contributed by atoms with van der Waals surface area (Å²) in [6.45, 7) is 3.46. The minimum Gasteiger partial charge on any atom is -0.468 e. The first-order valence-corrected chi connectivity index (χ1v) is 6.00. The van der Waals surface area contributed by atoms with Crippen LogP contribution in [0, 0.1) is 6.92 Å². The van der Waals surface area contributed by atoms with Gasteiger partial charge < -0.3 is 13.7 Å². The summed E-state index contributed by atoms with van der Waals surface area (Å²) in [4.78, 5) is 11.2. The summed E-state index contributed by atoms with van der Waals surface area (Å²) in [7, 11) is 1.33. The molecule has 8 heteroatoms. The fraction of sp³-hybridized carbons (Fsp3) is 0.400. The molecule has 0 aliphatic rings. The molecular weight excluding hydrogens is 258 g/mol. The van der Waals surface area contributed by atoms with E-state index in [0.717, 1.165) is 11.8 Å². The van der Waals surface area contributed by atoms with Gasteiger partial charge in [0.05, 0.1) is 7.11 Å². The number of thioether (sulfide) groups is 1. The van der Waals surface area contributed by atoms with Gasteiger partial charge in [-0.1, -0.05) is 16.9 Å². The molecule has 0 N–H and O–H groups in total. The Bertz CT molecular complexity index is 551. The van der Waals surface area contributed by atoms with Crippen molar-refractivity contribution in [2.45, 2.75) is 24.3 Å². The third-order valence-corrected chi connectivity index (χ3v) is 2.98. The molecule has 0 aliphatic carbocycles. The van der Waals surface area contributed by atoms with Crippen molar-refractivity contribution in [3.63, 3.8) is 0 Å². The summed E-state index contributed by atoms with van der Waals surface area (Å²) < 4.78 is 14.9. The fourth-order valence-corrected chi connectivity index (χ4v) is 1.90. The SMILES string of the molecule is COC(=O)C(C)Sc1nnc(-c2cc(C)on2)o1. The summed E-state index contributed by atoms with van der Waals surface area (Å²) >= 11 is 1.13. The van der Waals surface area contributed by atoms with Crippen LogP contribution in [0.1, 0.15) is 12.7 Å². The Labute approximate surface area is 107 Å². The van der Waals surface area contributed by atoms with Gasteiger partial charge in [0.25, 0.3) is 11.1 Å². The third kappa shape index (κ3) is 2.70. The van der Waals surface area contributed by atoms with Crippen LogP contribution in [0.15, 0.2) is 20.2 Å². The number of methoxy groups -OCH3 is 1. The van der Waals surface area contributed by atoms with Gasteiger partial charge in [0, 0.05) is 6.07 Å². The summed E-state index contributed by atoms with van der Waals surface area (Å²) in [5, 5.41) is 11.3. The van der Waals surface area contributed by atoms with Crippen LogP contribution in [-0.2, 0) is 9.53 Å². The molecule has 2 aromatic heterocycles. The number of rotatable bonds is 4. The quantitative estimate of drug-likeness (QED) is 0.611. The molecule has 2 heterocycles. The minimum absolute atomic E-state index is 0.256. The van der Waals surface area contributed by atoms with Gasteiger partial charge in [-0.15, -0.1) is 10.2 Å². The number of aromatic nitrogens is 3. The first-order chi connectivity index (χ1) is 8.60. The van der Waals surface area contributed by atoms with E-state index in [9.17, 15) is 4.79 Å². The maximum absolute atomic E-state index is 11.2. The summed E-state index contributed by atoms with van der Waals surface area (Å²) in [5.74, 6) is 0.559. The monoisotopic (exact) mass is 269 g/mol. The van der Waals surface area contributed by atoms with Crippen LogP contribution in [0.3, 0.4) is 0 Å². The predicted molar refractivity (Wildman–Crippen MR) is 61.9 cm³/mol. The second kappa shape index (κ2) is 5.21. The number of aryl methyl sites for hydroxylation is 1. The average molecular weight is 269 g/mol. The number of carbonyl (C=O) groups is 1. The zero-order chi connectivity index (χ0) is 13.1. The lowest BCUT2D eigenvalue weighted by Crippen LogP contribution is -2.14. The zero-order valence-electron chi connectivity index (χ0n) is 10.0. The Hall–Kier alpha value is -1.83. The van der Waals surface area contributed by atoms with Crippen LogP contribution in [-0.4, -0.2) is 33.7 Å². The second-order valence-corrected chi connectivity index (χ2v) is 4.77. The van der Waals surface area contributed by atoms with Gasteiger partial charge in [0.1, 0.15) is 11.0 Å². The van der Waals surface area contributed by atoms with Gasteiger partial charge in [-0.05, 0) is 13.8 Å². The van der Waals surface area contributed by atoms with E-state index in [1.165, 1.54) is 7.11 Å². The van der Waals surface area contributed by atoms with Gasteiger partial charge in [-0.3, -0.25) is 4.79 Å². The lowest BCUT2D eigenvalue weighted by molar-refractivity contribution is -0.139. The minimum atomic E-state index is -0.414. The van der Waals surface area contributed by atoms with Crippen LogP contribution in [0.5, 0.6) is 0 Å². The van der Waals surface area contributed by atoms with Crippen molar-refractivity contribution < 1.29 is 18.5 Å². The van der Waals surface area contributed by atoms with E-state index in [1.807, 2.05) is 0 Å². The molecule has 18 heavy (non-hydrogen) atoms. The summed E-state index contributed by atoms with van der Waals surface area (Å²) in [6.07, 6.45) is 0. The highest BCUT2D eigenvalue weighted by atomic mass is 32.2. The highest BCUT2D eigenvalue weighted by molar-refractivity contribution is 8.00. The lowest BCUT2D eigenvalue weighted by Gasteiger charge is -2.03. The van der Waals surface area contributed by atoms with Gasteiger partial charge in [-0.25, -0.2) is 0 Å². The van der Waals surface area contributed by atoms with Crippen molar-refractivity contribution in [1.82, 2.24) is 15.4 Å². The van der Waals surface area contributed by atoms with Crippen molar-refractivity contribution in [3.8, 4) is 11.6 Å². The maximum Gasteiger partial charge on any atom is 0.319 e. The standard InChI is InChI=1S/C10H11N3O4S/c1-5-4-7(13-17-5)8-11-12-10(16-8)18-6(2)9(14)15-3/h4,6H,1-3H3. The van der Waals surface area contributed by atoms with Crippen molar-refractivity contribution in [1.29, 1.82) is 0 Å². The zero-order valence-corrected chi connectivity index (χ0v) is 10.9. The van der Waals surface area contributed by atoms with Gasteiger partial charge >= 0.3 is 5.97 Å². The number of carbonyl (C=O) groups excluding carboxylic acids is 1. The predicted octanol–water partition coefficient (Wildman–Crippen LogP) is 1.69. The van der Waals surface area contributed by atoms with Crippen molar-refractivity contribution in [2.75, 3.05) is 7.11 Å². The summed E-state index contributed by atoms with van der Waals surface area (Å²) in [5.41, 5.74) is 0.470. The molecule has 0 amide bonds. The fourth-order valence-electron chi connectivity index (χ4n) is 1.19. The molecule has 0 spiro atoms. The van der Waals surface area contributed by atoms with Gasteiger partial charge in [0.2, 0.25) is 0 Å². The highest BCUT2D eigenvalue weighted by Gasteiger charge is 2.19. The molecule has 0 radical (unpaired) electrons. The van der Waals surface area contributed by atoms with Crippen molar-refractivity contribution in [2.24, 2.45) is 0 Å². The summed E-state index contributed by atoms with van der Waals surface area (Å²) in [6, 6.07) is 1.69. The Morgan fingerprint density at radius 3 is 2.89 bits per heavy atom. The molecule has 0 saturated carbocycles. The Morgan fingerprint density at radius 1 is 1.50 bits per heavy atom. The molecule has 2 rings (SSSR count). The molecule has 0 saturated heterocycles. The van der Waals surface area contributed by atoms with Crippen LogP contribution in [0.2, 0.25) is 0 Å². The molecule has 1 unspecified atom stereocenters. The van der Waals surface area contributed by atoms with Gasteiger partial charge in [-0.2, -0.15) is 0 Å². The van der Waals surface area contributed by atoms with Crippen LogP contribution in [0.4, 0.5) is 0 Å². The molecule has 1 atom stereocenters. The van der Waals surface area contributed by atoms with Crippen LogP contribution >= 0.6 is 11.8 Å². The molecule has 0 aromatic carbocycles. The first-order valence-electron chi connectivity index (χ1n) is 5.12. The number of ether oxygens (including phenoxy) is 1. The number of esters is 1. The van der Waals surface area contributed by atoms with E-state index in [2.05, 4.69) is 20.1 Å². The van der Waals surface area contributed by atoms with E-state index in [1.54, 1.807) is 19.9 Å². The van der Waals surface area contributed by atoms with E-state index >= 15 is 0 Å². The molecular formula is C10H11N3O4S. The first kappa shape index (κ1) is 12.6. The van der Waals surface area contributed by atoms with Crippen LogP contribution < -0.4 is 0 Å². The molecule has 0 bridgehead atoms. The Balaban J connectivity index is 2.09. The van der Waals surface area contributed by atoms with E-state index < -0.39 is 5.25 Å². The lowest BCUT2D eigenvalue weighted by atomic mass is 10.4. The Morgan fingerprint density at radius 2 is 2.28 bits per heavy atom. The normalized spacial score (nSPS) is 12.4. The molecule has 7 nitrogen and oxygen atoms in total. The molecule has 96 valence electrons. The average Bonchev–Trinajstić information content (AvgIpc) is 2.96. The largest absolute Gasteiger partial charge is 0.468 e. The second-order valence-electron chi connectivity index (χ2n) is 3.48. The maximum atomic E-state index is 11.2. The number of nitrogens with zero attached hydrogens (tertiary/aromatic N) is 3. The molecule has 0 aliphatic heterocycles. The number of hydrogen-bond donors (Lipinski definition) is 0. The molecule has 2 aromatic rings. The topological polar surface area (TPSA) is 91.2 Å². The van der Waals surface area contributed by atoms with E-state index in [-0.39, 0.29) is 17.1 Å². The van der Waals surface area contributed by atoms with Crippen LogP contribution in [0.25, 0.3) is 11.6 Å². The van der Waals surface area contributed by atoms with Crippen molar-refractivity contribution >= 4 is 17.7 Å². The molecule has 0 fully saturated rings. The third-order valence-electron chi connectivity index (χ3n) is 2.06. The van der Waals surface area contributed by atoms with Gasteiger partial charge in [0.15, 0.2) is 5.69 Å². The van der Waals surface area contributed by atoms with Crippen molar-refractivity contribution in [3.05, 3.63) is 11.8 Å².